The highest BCUT2D eigenvalue weighted by Gasteiger charge is 2.40. The Labute approximate surface area is 200 Å². The standard InChI is InChI=1S/C26H29ClN4O2/c1-3-4-5-22-16-30(15-19-8-6-18(14-28)7-9-19)26(32)25-13-24(29-31(22)25)23-11-10-21(27)12-20(23)17-33-2/h6-13,22,24,29H,3-5,15-17H2,1-2H3. The van der Waals surface area contributed by atoms with Gasteiger partial charge in [0.15, 0.2) is 0 Å². The SMILES string of the molecule is CCCCC1CN(Cc2ccc(C#N)cc2)C(=O)C2=CC(c3ccc(Cl)cc3COC)NN21. The van der Waals surface area contributed by atoms with Crippen molar-refractivity contribution >= 4 is 17.5 Å². The second-order valence-electron chi connectivity index (χ2n) is 8.60. The number of hydrogen-bond acceptors (Lipinski definition) is 5. The fourth-order valence-corrected chi connectivity index (χ4v) is 4.77. The van der Waals surface area contributed by atoms with E-state index >= 15 is 0 Å². The lowest BCUT2D eigenvalue weighted by atomic mass is 10.0. The maximum atomic E-state index is 13.5. The van der Waals surface area contributed by atoms with Crippen LogP contribution < -0.4 is 5.43 Å². The number of rotatable bonds is 8. The Morgan fingerprint density at radius 2 is 2.03 bits per heavy atom. The molecule has 2 unspecified atom stereocenters. The van der Waals surface area contributed by atoms with Crippen molar-refractivity contribution in [3.8, 4) is 6.07 Å². The molecule has 0 aromatic heterocycles. The molecule has 0 radical (unpaired) electrons. The molecule has 172 valence electrons. The Morgan fingerprint density at radius 3 is 2.73 bits per heavy atom. The van der Waals surface area contributed by atoms with Crippen LogP contribution in [0.3, 0.4) is 0 Å². The van der Waals surface area contributed by atoms with Gasteiger partial charge in [-0.15, -0.1) is 0 Å². The Bertz CT molecular complexity index is 1080. The van der Waals surface area contributed by atoms with Gasteiger partial charge in [0.1, 0.15) is 5.70 Å². The van der Waals surface area contributed by atoms with Crippen LogP contribution in [0.4, 0.5) is 0 Å². The highest BCUT2D eigenvalue weighted by Crippen LogP contribution is 2.34. The summed E-state index contributed by atoms with van der Waals surface area (Å²) in [7, 11) is 1.67. The molecular formula is C26H29ClN4O2. The number of hydrogen-bond donors (Lipinski definition) is 1. The van der Waals surface area contributed by atoms with Crippen molar-refractivity contribution in [3.05, 3.63) is 81.5 Å². The number of ether oxygens (including phenoxy) is 1. The molecule has 2 aromatic carbocycles. The van der Waals surface area contributed by atoms with Crippen molar-refractivity contribution in [1.29, 1.82) is 5.26 Å². The van der Waals surface area contributed by atoms with Crippen molar-refractivity contribution in [2.24, 2.45) is 0 Å². The molecule has 0 spiro atoms. The van der Waals surface area contributed by atoms with Crippen LogP contribution >= 0.6 is 11.6 Å². The summed E-state index contributed by atoms with van der Waals surface area (Å²) in [5.41, 5.74) is 7.98. The topological polar surface area (TPSA) is 68.6 Å². The number of carbonyl (C=O) groups is 1. The van der Waals surface area contributed by atoms with E-state index in [2.05, 4.69) is 23.4 Å². The maximum absolute atomic E-state index is 13.5. The van der Waals surface area contributed by atoms with Crippen LogP contribution in [-0.4, -0.2) is 35.5 Å². The third-order valence-corrected chi connectivity index (χ3v) is 6.49. The molecule has 2 aliphatic rings. The van der Waals surface area contributed by atoms with Gasteiger partial charge in [-0.25, -0.2) is 5.43 Å². The van der Waals surface area contributed by atoms with Gasteiger partial charge in [0.25, 0.3) is 5.91 Å². The summed E-state index contributed by atoms with van der Waals surface area (Å²) in [6.07, 6.45) is 5.21. The zero-order valence-corrected chi connectivity index (χ0v) is 19.8. The lowest BCUT2D eigenvalue weighted by Crippen LogP contribution is -2.56. The first-order valence-corrected chi connectivity index (χ1v) is 11.7. The summed E-state index contributed by atoms with van der Waals surface area (Å²) in [5, 5.41) is 11.8. The number of nitrogens with zero attached hydrogens (tertiary/aromatic N) is 3. The molecule has 1 amide bonds. The number of hydrazine groups is 1. The average Bonchev–Trinajstić information content (AvgIpc) is 3.27. The van der Waals surface area contributed by atoms with Crippen LogP contribution in [0.15, 0.2) is 54.2 Å². The second-order valence-corrected chi connectivity index (χ2v) is 9.03. The van der Waals surface area contributed by atoms with Crippen LogP contribution in [-0.2, 0) is 22.7 Å². The molecule has 1 N–H and O–H groups in total. The van der Waals surface area contributed by atoms with Crippen LogP contribution in [0.5, 0.6) is 0 Å². The van der Waals surface area contributed by atoms with Gasteiger partial charge in [-0.3, -0.25) is 9.80 Å². The maximum Gasteiger partial charge on any atom is 0.271 e. The van der Waals surface area contributed by atoms with Gasteiger partial charge in [0, 0.05) is 25.2 Å². The van der Waals surface area contributed by atoms with Gasteiger partial charge >= 0.3 is 0 Å². The molecule has 33 heavy (non-hydrogen) atoms. The predicted octanol–water partition coefficient (Wildman–Crippen LogP) is 4.70. The zero-order valence-electron chi connectivity index (χ0n) is 19.1. The third-order valence-electron chi connectivity index (χ3n) is 6.25. The molecule has 0 bridgehead atoms. The van der Waals surface area contributed by atoms with Crippen molar-refractivity contribution in [1.82, 2.24) is 15.3 Å². The lowest BCUT2D eigenvalue weighted by Gasteiger charge is -2.41. The Morgan fingerprint density at radius 1 is 1.24 bits per heavy atom. The summed E-state index contributed by atoms with van der Waals surface area (Å²) in [6, 6.07) is 15.5. The minimum Gasteiger partial charge on any atom is -0.380 e. The summed E-state index contributed by atoms with van der Waals surface area (Å²) in [6.45, 7) is 3.82. The fraction of sp³-hybridized carbons (Fsp3) is 0.385. The van der Waals surface area contributed by atoms with Gasteiger partial charge in [-0.1, -0.05) is 49.6 Å². The quantitative estimate of drug-likeness (QED) is 0.613. The first-order valence-electron chi connectivity index (χ1n) is 11.4. The van der Waals surface area contributed by atoms with E-state index in [-0.39, 0.29) is 18.0 Å². The minimum atomic E-state index is -0.120. The zero-order chi connectivity index (χ0) is 23.4. The number of carbonyl (C=O) groups excluding carboxylic acids is 1. The molecule has 0 aliphatic carbocycles. The molecule has 0 saturated carbocycles. The van der Waals surface area contributed by atoms with E-state index in [0.29, 0.717) is 36.0 Å². The fourth-order valence-electron chi connectivity index (χ4n) is 4.57. The van der Waals surface area contributed by atoms with Crippen molar-refractivity contribution in [2.45, 2.75) is 51.4 Å². The first-order chi connectivity index (χ1) is 16.0. The van der Waals surface area contributed by atoms with Crippen molar-refractivity contribution in [2.75, 3.05) is 13.7 Å². The highest BCUT2D eigenvalue weighted by molar-refractivity contribution is 6.30. The normalized spacial score (nSPS) is 19.9. The summed E-state index contributed by atoms with van der Waals surface area (Å²) in [4.78, 5) is 15.4. The van der Waals surface area contributed by atoms with E-state index in [1.54, 1.807) is 19.2 Å². The minimum absolute atomic E-state index is 0.0179. The molecular weight excluding hydrogens is 436 g/mol. The summed E-state index contributed by atoms with van der Waals surface area (Å²) < 4.78 is 5.38. The number of nitrogens with one attached hydrogen (secondary N) is 1. The predicted molar refractivity (Wildman–Crippen MR) is 128 cm³/mol. The van der Waals surface area contributed by atoms with Gasteiger partial charge in [0.05, 0.1) is 30.3 Å². The number of benzene rings is 2. The monoisotopic (exact) mass is 464 g/mol. The molecule has 2 aromatic rings. The molecule has 1 fully saturated rings. The number of fused-ring (bicyclic) bond motifs is 1. The van der Waals surface area contributed by atoms with Crippen LogP contribution in [0, 0.1) is 11.3 Å². The van der Waals surface area contributed by atoms with Crippen LogP contribution in [0.25, 0.3) is 0 Å². The number of halogens is 1. The van der Waals surface area contributed by atoms with E-state index in [4.69, 9.17) is 21.6 Å². The molecule has 2 heterocycles. The largest absolute Gasteiger partial charge is 0.380 e. The first kappa shape index (κ1) is 23.3. The molecule has 1 saturated heterocycles. The van der Waals surface area contributed by atoms with Crippen LogP contribution in [0.2, 0.25) is 5.02 Å². The number of amides is 1. The third kappa shape index (κ3) is 5.06. The smallest absolute Gasteiger partial charge is 0.271 e. The molecule has 7 heteroatoms. The van der Waals surface area contributed by atoms with E-state index in [1.165, 1.54) is 0 Å². The van der Waals surface area contributed by atoms with Crippen molar-refractivity contribution < 1.29 is 9.53 Å². The van der Waals surface area contributed by atoms with Gasteiger partial charge < -0.3 is 9.64 Å². The van der Waals surface area contributed by atoms with Gasteiger partial charge in [-0.05, 0) is 53.5 Å². The Kier molecular flexibility index (Phi) is 7.34. The van der Waals surface area contributed by atoms with E-state index in [9.17, 15) is 4.79 Å². The van der Waals surface area contributed by atoms with E-state index < -0.39 is 0 Å². The van der Waals surface area contributed by atoms with Gasteiger partial charge in [-0.2, -0.15) is 5.26 Å². The van der Waals surface area contributed by atoms with E-state index in [1.807, 2.05) is 41.3 Å². The lowest BCUT2D eigenvalue weighted by molar-refractivity contribution is -0.135. The summed E-state index contributed by atoms with van der Waals surface area (Å²) in [5.74, 6) is 0.0179. The summed E-state index contributed by atoms with van der Waals surface area (Å²) >= 11 is 6.22. The van der Waals surface area contributed by atoms with Crippen LogP contribution in [0.1, 0.15) is 54.5 Å². The number of unbranched alkanes of at least 4 members (excludes halogenated alkanes) is 1. The Hall–Kier alpha value is -2.85. The molecule has 6 nitrogen and oxygen atoms in total. The van der Waals surface area contributed by atoms with E-state index in [0.717, 1.165) is 36.0 Å². The highest BCUT2D eigenvalue weighted by atomic mass is 35.5. The number of nitriles is 1. The van der Waals surface area contributed by atoms with Crippen molar-refractivity contribution in [3.63, 3.8) is 0 Å². The molecule has 2 aliphatic heterocycles. The van der Waals surface area contributed by atoms with Gasteiger partial charge in [0.2, 0.25) is 0 Å². The average molecular weight is 465 g/mol. The Balaban J connectivity index is 1.61. The number of methoxy groups -OCH3 is 1. The molecule has 4 rings (SSSR count). The second kappa shape index (κ2) is 10.4. The number of piperazine rings is 1. The molecule has 2 atom stereocenters.